The molecule has 0 bridgehead atoms. The molecule has 0 unspecified atom stereocenters. The molecule has 0 saturated carbocycles. The van der Waals surface area contributed by atoms with Gasteiger partial charge in [-0.05, 0) is 0 Å². The van der Waals surface area contributed by atoms with Crippen LogP contribution in [0, 0.1) is 0 Å². The highest BCUT2D eigenvalue weighted by Gasteiger charge is 2.10. The molecule has 0 aromatic carbocycles. The largest absolute Gasteiger partial charge is 0.465 e. The summed E-state index contributed by atoms with van der Waals surface area (Å²) in [6.45, 7) is 0. The van der Waals surface area contributed by atoms with Crippen molar-refractivity contribution in [3.8, 4) is 0 Å². The lowest BCUT2D eigenvalue weighted by atomic mass is 10.5. The number of nitrogens with one attached hydrogen (secondary N) is 1. The van der Waals surface area contributed by atoms with Crippen LogP contribution in [0.5, 0.6) is 0 Å². The van der Waals surface area contributed by atoms with Crippen LogP contribution in [-0.4, -0.2) is 31.5 Å². The van der Waals surface area contributed by atoms with Gasteiger partial charge in [-0.3, -0.25) is 5.32 Å². The summed E-state index contributed by atoms with van der Waals surface area (Å²) in [4.78, 5) is 17.6. The molecule has 0 aliphatic carbocycles. The van der Waals surface area contributed by atoms with Gasteiger partial charge in [0, 0.05) is 5.27 Å². The molecule has 0 aliphatic rings. The highest BCUT2D eigenvalue weighted by atomic mass is 16.5. The van der Waals surface area contributed by atoms with Crippen LogP contribution in [0.1, 0.15) is 0 Å². The zero-order chi connectivity index (χ0) is 9.26. The molecule has 2 aromatic rings. The number of hydrogen-bond acceptors (Lipinski definition) is 6. The number of nitrogens with zero attached hydrogens (tertiary/aromatic N) is 4. The van der Waals surface area contributed by atoms with E-state index in [9.17, 15) is 4.79 Å². The number of fused-ring (bicyclic) bond motifs is 1. The van der Waals surface area contributed by atoms with Crippen molar-refractivity contribution >= 4 is 23.1 Å². The molecule has 2 heterocycles. The number of hydrogen-bond donors (Lipinski definition) is 2. The lowest BCUT2D eigenvalue weighted by molar-refractivity contribution is 0.209. The van der Waals surface area contributed by atoms with Gasteiger partial charge < -0.3 is 9.63 Å². The van der Waals surface area contributed by atoms with E-state index in [1.54, 1.807) is 0 Å². The third kappa shape index (κ3) is 1.24. The number of carbonyl (C=O) groups is 1. The summed E-state index contributed by atoms with van der Waals surface area (Å²) in [5.41, 5.74) is 0.323. The minimum atomic E-state index is -1.23. The Morgan fingerprint density at radius 2 is 2.38 bits per heavy atom. The first-order valence-corrected chi connectivity index (χ1v) is 3.20. The van der Waals surface area contributed by atoms with Gasteiger partial charge in [0.2, 0.25) is 0 Å². The summed E-state index contributed by atoms with van der Waals surface area (Å²) in [6, 6.07) is 0. The van der Waals surface area contributed by atoms with Gasteiger partial charge in [0.1, 0.15) is 6.33 Å². The van der Waals surface area contributed by atoms with Crippen molar-refractivity contribution in [1.29, 1.82) is 0 Å². The molecule has 2 N–H and O–H groups in total. The third-order valence-electron chi connectivity index (χ3n) is 1.28. The summed E-state index contributed by atoms with van der Waals surface area (Å²) >= 11 is 0. The monoisotopic (exact) mass is 181 g/mol. The van der Waals surface area contributed by atoms with Crippen LogP contribution in [0.15, 0.2) is 10.9 Å². The molecular formula is C5H3N5O3. The van der Waals surface area contributed by atoms with Crippen molar-refractivity contribution < 1.29 is 14.4 Å². The Labute approximate surface area is 70.6 Å². The first-order valence-electron chi connectivity index (χ1n) is 3.20. The second kappa shape index (κ2) is 2.66. The first-order chi connectivity index (χ1) is 6.27. The molecule has 1 amide bonds. The van der Waals surface area contributed by atoms with Gasteiger partial charge in [0.15, 0.2) is 11.3 Å². The van der Waals surface area contributed by atoms with Crippen molar-refractivity contribution in [1.82, 2.24) is 20.3 Å². The lowest BCUT2D eigenvalue weighted by Gasteiger charge is -1.96. The third-order valence-corrected chi connectivity index (χ3v) is 1.28. The van der Waals surface area contributed by atoms with Crippen LogP contribution in [0.2, 0.25) is 0 Å². The molecule has 2 aromatic heterocycles. The van der Waals surface area contributed by atoms with E-state index >= 15 is 0 Å². The zero-order valence-electron chi connectivity index (χ0n) is 6.13. The standard InChI is InChI=1S/C5H3N5O3/c11-5(12)8-3-2-4(7-1-6-3)13-10-9-2/h1H,(H,11,12)(H,6,7,8). The summed E-state index contributed by atoms with van der Waals surface area (Å²) in [6.07, 6.45) is -0.0801. The fourth-order valence-electron chi connectivity index (χ4n) is 0.812. The molecule has 66 valence electrons. The van der Waals surface area contributed by atoms with Crippen LogP contribution in [0.4, 0.5) is 10.6 Å². The van der Waals surface area contributed by atoms with Crippen LogP contribution < -0.4 is 5.32 Å². The topological polar surface area (TPSA) is 114 Å². The highest BCUT2D eigenvalue weighted by Crippen LogP contribution is 2.14. The van der Waals surface area contributed by atoms with Gasteiger partial charge in [0.05, 0.1) is 0 Å². The van der Waals surface area contributed by atoms with Crippen LogP contribution >= 0.6 is 0 Å². The summed E-state index contributed by atoms with van der Waals surface area (Å²) in [5, 5.41) is 17.2. The molecular weight excluding hydrogens is 178 g/mol. The quantitative estimate of drug-likeness (QED) is 0.641. The molecule has 0 aliphatic heterocycles. The Morgan fingerprint density at radius 3 is 3.15 bits per heavy atom. The van der Waals surface area contributed by atoms with Gasteiger partial charge in [0.25, 0.3) is 5.71 Å². The van der Waals surface area contributed by atoms with E-state index in [1.807, 2.05) is 5.32 Å². The number of aromatic nitrogens is 4. The smallest absolute Gasteiger partial charge is 0.410 e. The Balaban J connectivity index is 2.54. The van der Waals surface area contributed by atoms with E-state index in [4.69, 9.17) is 5.11 Å². The molecule has 8 heteroatoms. The Morgan fingerprint density at radius 1 is 1.54 bits per heavy atom. The number of amides is 1. The Hall–Kier alpha value is -2.25. The van der Waals surface area contributed by atoms with Crippen molar-refractivity contribution in [2.24, 2.45) is 0 Å². The van der Waals surface area contributed by atoms with Gasteiger partial charge >= 0.3 is 6.09 Å². The van der Waals surface area contributed by atoms with Crippen molar-refractivity contribution in [3.05, 3.63) is 6.33 Å². The average molecular weight is 181 g/mol. The zero-order valence-corrected chi connectivity index (χ0v) is 6.13. The molecule has 0 fully saturated rings. The number of rotatable bonds is 1. The van der Waals surface area contributed by atoms with E-state index in [0.717, 1.165) is 6.33 Å². The van der Waals surface area contributed by atoms with E-state index in [-0.39, 0.29) is 17.0 Å². The fourth-order valence-corrected chi connectivity index (χ4v) is 0.812. The van der Waals surface area contributed by atoms with Gasteiger partial charge in [-0.15, -0.1) is 5.10 Å². The van der Waals surface area contributed by atoms with E-state index in [0.29, 0.717) is 0 Å². The molecule has 0 saturated heterocycles. The normalized spacial score (nSPS) is 10.2. The van der Waals surface area contributed by atoms with E-state index in [2.05, 4.69) is 24.9 Å². The Kier molecular flexibility index (Phi) is 1.51. The fraction of sp³-hybridized carbons (Fsp3) is 0. The van der Waals surface area contributed by atoms with Crippen LogP contribution in [0.25, 0.3) is 11.2 Å². The minimum Gasteiger partial charge on any atom is -0.465 e. The van der Waals surface area contributed by atoms with Crippen LogP contribution in [0.3, 0.4) is 0 Å². The summed E-state index contributed by atoms with van der Waals surface area (Å²) in [7, 11) is 0. The SMILES string of the molecule is O=C(O)Nc1ncnc2onnc12. The summed E-state index contributed by atoms with van der Waals surface area (Å²) < 4.78 is 4.59. The predicted molar refractivity (Wildman–Crippen MR) is 39.0 cm³/mol. The lowest BCUT2D eigenvalue weighted by Crippen LogP contribution is -2.09. The molecule has 2 rings (SSSR count). The maximum absolute atomic E-state index is 10.3. The maximum atomic E-state index is 10.3. The first kappa shape index (κ1) is 7.40. The van der Waals surface area contributed by atoms with Crippen molar-refractivity contribution in [3.63, 3.8) is 0 Å². The second-order valence-corrected chi connectivity index (χ2v) is 2.08. The van der Waals surface area contributed by atoms with Gasteiger partial charge in [-0.25, -0.2) is 9.78 Å². The summed E-state index contributed by atoms with van der Waals surface area (Å²) in [5.74, 6) is 0.0544. The molecule has 8 nitrogen and oxygen atoms in total. The van der Waals surface area contributed by atoms with Crippen molar-refractivity contribution in [2.75, 3.05) is 5.32 Å². The van der Waals surface area contributed by atoms with Gasteiger partial charge in [-0.1, -0.05) is 0 Å². The van der Waals surface area contributed by atoms with E-state index < -0.39 is 6.09 Å². The highest BCUT2D eigenvalue weighted by molar-refractivity contribution is 5.91. The average Bonchev–Trinajstić information content (AvgIpc) is 2.51. The molecule has 0 spiro atoms. The number of carboxylic acid groups (broad SMARTS) is 1. The van der Waals surface area contributed by atoms with E-state index in [1.165, 1.54) is 0 Å². The second-order valence-electron chi connectivity index (χ2n) is 2.08. The molecule has 13 heavy (non-hydrogen) atoms. The van der Waals surface area contributed by atoms with Crippen molar-refractivity contribution in [2.45, 2.75) is 0 Å². The predicted octanol–water partition coefficient (Wildman–Crippen LogP) is 0.103. The maximum Gasteiger partial charge on any atom is 0.410 e. The molecule has 0 atom stereocenters. The molecule has 0 radical (unpaired) electrons. The number of anilines is 1. The van der Waals surface area contributed by atoms with Gasteiger partial charge in [-0.2, -0.15) is 4.98 Å². The van der Waals surface area contributed by atoms with Crippen LogP contribution in [-0.2, 0) is 0 Å². The Bertz CT molecular complexity index is 452. The minimum absolute atomic E-state index is 0.0544.